The van der Waals surface area contributed by atoms with E-state index in [-0.39, 0.29) is 6.04 Å². The minimum atomic E-state index is 0.245. The number of allylic oxidation sites excluding steroid dienone is 4. The van der Waals surface area contributed by atoms with E-state index in [4.69, 9.17) is 14.5 Å². The minimum Gasteiger partial charge on any atom is -0.495 e. The smallest absolute Gasteiger partial charge is 0.142 e. The Bertz CT molecular complexity index is 1240. The number of aromatic nitrogens is 3. The number of aryl methyl sites for hydroxylation is 1. The number of hydrogen-bond acceptors (Lipinski definition) is 4. The van der Waals surface area contributed by atoms with E-state index in [9.17, 15) is 0 Å². The highest BCUT2D eigenvalue weighted by Gasteiger charge is 2.19. The molecule has 0 saturated carbocycles. The largest absolute Gasteiger partial charge is 0.495 e. The Balaban J connectivity index is 0.000000528. The van der Waals surface area contributed by atoms with Crippen LogP contribution in [0.25, 0.3) is 17.3 Å². The molecule has 2 heterocycles. The highest BCUT2D eigenvalue weighted by atomic mass is 16.5. The normalized spacial score (nSPS) is 15.0. The number of nitrogens with one attached hydrogen (secondary N) is 1. The number of nitrogens with zero attached hydrogens (tertiary/aromatic N) is 4. The molecule has 0 fully saturated rings. The van der Waals surface area contributed by atoms with Crippen molar-refractivity contribution in [3.63, 3.8) is 0 Å². The lowest BCUT2D eigenvalue weighted by atomic mass is 10.0. The topological polar surface area (TPSA) is 65.6 Å². The summed E-state index contributed by atoms with van der Waals surface area (Å²) in [7, 11) is 3.67. The van der Waals surface area contributed by atoms with Crippen molar-refractivity contribution in [1.82, 2.24) is 19.7 Å². The van der Waals surface area contributed by atoms with Gasteiger partial charge in [-0.25, -0.2) is 4.99 Å². The lowest BCUT2D eigenvalue weighted by molar-refractivity contribution is 0.122. The molecule has 0 aliphatic heterocycles. The average molecular weight is 580 g/mol. The average Bonchev–Trinajstić information content (AvgIpc) is 3.55. The first-order valence-corrected chi connectivity index (χ1v) is 15.8. The van der Waals surface area contributed by atoms with Crippen molar-refractivity contribution in [1.29, 1.82) is 0 Å². The molecule has 1 atom stereocenters. The molecule has 0 amide bonds. The first kappa shape index (κ1) is 35.1. The quantitative estimate of drug-likeness (QED) is 0.146. The van der Waals surface area contributed by atoms with E-state index in [2.05, 4.69) is 94.8 Å². The summed E-state index contributed by atoms with van der Waals surface area (Å²) in [6.07, 6.45) is 14.9. The second kappa shape index (κ2) is 17.8. The molecular weight excluding hydrogens is 522 g/mol. The van der Waals surface area contributed by atoms with Crippen LogP contribution < -0.4 is 5.32 Å². The molecule has 7 heteroatoms. The van der Waals surface area contributed by atoms with Crippen LogP contribution in [0.1, 0.15) is 112 Å². The Kier molecular flexibility index (Phi) is 14.9. The summed E-state index contributed by atoms with van der Waals surface area (Å²) in [5.41, 5.74) is 7.08. The number of rotatable bonds is 13. The Morgan fingerprint density at radius 2 is 1.88 bits per heavy atom. The van der Waals surface area contributed by atoms with Gasteiger partial charge < -0.3 is 19.4 Å². The lowest BCUT2D eigenvalue weighted by Gasteiger charge is -2.20. The van der Waals surface area contributed by atoms with Crippen LogP contribution in [0.4, 0.5) is 5.82 Å². The van der Waals surface area contributed by atoms with Gasteiger partial charge in [0.2, 0.25) is 0 Å². The van der Waals surface area contributed by atoms with E-state index in [0.717, 1.165) is 84.7 Å². The summed E-state index contributed by atoms with van der Waals surface area (Å²) in [6.45, 7) is 21.4. The molecule has 0 aromatic carbocycles. The molecule has 1 unspecified atom stereocenters. The van der Waals surface area contributed by atoms with Crippen LogP contribution in [0.5, 0.6) is 0 Å². The fourth-order valence-corrected chi connectivity index (χ4v) is 4.70. The molecule has 2 aromatic heterocycles. The lowest BCUT2D eigenvalue weighted by Crippen LogP contribution is -2.23. The van der Waals surface area contributed by atoms with Gasteiger partial charge in [0.15, 0.2) is 0 Å². The second-order valence-corrected chi connectivity index (χ2v) is 11.8. The van der Waals surface area contributed by atoms with E-state index in [1.54, 1.807) is 7.11 Å². The summed E-state index contributed by atoms with van der Waals surface area (Å²) in [6, 6.07) is 2.48. The molecule has 7 nitrogen and oxygen atoms in total. The van der Waals surface area contributed by atoms with Crippen LogP contribution in [-0.4, -0.2) is 40.5 Å². The molecule has 0 radical (unpaired) electrons. The van der Waals surface area contributed by atoms with Crippen LogP contribution in [0, 0.1) is 5.92 Å². The highest BCUT2D eigenvalue weighted by Crippen LogP contribution is 2.36. The van der Waals surface area contributed by atoms with Crippen LogP contribution in [-0.2, 0) is 16.5 Å². The standard InChI is InChI=1S/C26H37N5O.C9H20O/c1-9-18(4)12-21-14-24(22-15-27-30(7)16-22)31(17(2)3)26(21)29-20(6)28-23-11-10-19(5)13-25(23)32-8;1-4-7-10-8-6-9(3)5-2/h12-17H,9-11H2,1-8H3,(H,28,29);9H,4-8H2,1-3H3. The maximum Gasteiger partial charge on any atom is 0.142 e. The van der Waals surface area contributed by atoms with Gasteiger partial charge in [0, 0.05) is 43.6 Å². The molecule has 234 valence electrons. The maximum absolute atomic E-state index is 5.60. The van der Waals surface area contributed by atoms with Crippen LogP contribution in [0.3, 0.4) is 0 Å². The van der Waals surface area contributed by atoms with Crippen molar-refractivity contribution in [3.05, 3.63) is 52.7 Å². The van der Waals surface area contributed by atoms with Crippen LogP contribution >= 0.6 is 0 Å². The molecule has 0 bridgehead atoms. The van der Waals surface area contributed by atoms with Crippen molar-refractivity contribution < 1.29 is 9.47 Å². The Morgan fingerprint density at radius 1 is 1.14 bits per heavy atom. The minimum absolute atomic E-state index is 0.245. The van der Waals surface area contributed by atoms with Gasteiger partial charge in [0.25, 0.3) is 0 Å². The molecule has 42 heavy (non-hydrogen) atoms. The molecular formula is C35H57N5O2. The summed E-state index contributed by atoms with van der Waals surface area (Å²) in [4.78, 5) is 5.09. The van der Waals surface area contributed by atoms with Gasteiger partial charge in [-0.15, -0.1) is 0 Å². The molecule has 2 aromatic rings. The van der Waals surface area contributed by atoms with Crippen LogP contribution in [0.15, 0.2) is 52.1 Å². The van der Waals surface area contributed by atoms with E-state index >= 15 is 0 Å². The van der Waals surface area contributed by atoms with E-state index < -0.39 is 0 Å². The molecule has 0 spiro atoms. The number of ether oxygens (including phenoxy) is 2. The number of methoxy groups -OCH3 is 1. The van der Waals surface area contributed by atoms with Gasteiger partial charge >= 0.3 is 0 Å². The molecule has 1 aliphatic rings. The summed E-state index contributed by atoms with van der Waals surface area (Å²) < 4.78 is 15.1. The maximum atomic E-state index is 5.60. The van der Waals surface area contributed by atoms with E-state index in [1.165, 1.54) is 24.0 Å². The van der Waals surface area contributed by atoms with Crippen molar-refractivity contribution in [3.8, 4) is 11.3 Å². The Morgan fingerprint density at radius 3 is 2.45 bits per heavy atom. The Hall–Kier alpha value is -3.06. The number of aliphatic imine (C=N–C) groups is 1. The van der Waals surface area contributed by atoms with Crippen LogP contribution in [0.2, 0.25) is 0 Å². The molecule has 0 saturated heterocycles. The molecule has 1 aliphatic carbocycles. The van der Waals surface area contributed by atoms with Gasteiger partial charge in [-0.3, -0.25) is 4.68 Å². The highest BCUT2D eigenvalue weighted by molar-refractivity contribution is 5.86. The third-order valence-electron chi connectivity index (χ3n) is 7.58. The predicted octanol–water partition coefficient (Wildman–Crippen LogP) is 9.37. The summed E-state index contributed by atoms with van der Waals surface area (Å²) >= 11 is 0. The zero-order chi connectivity index (χ0) is 31.2. The summed E-state index contributed by atoms with van der Waals surface area (Å²) in [5.74, 6) is 3.53. The van der Waals surface area contributed by atoms with Gasteiger partial charge in [-0.1, -0.05) is 51.3 Å². The third kappa shape index (κ3) is 10.6. The van der Waals surface area contributed by atoms with Gasteiger partial charge in [-0.05, 0) is 84.8 Å². The fourth-order valence-electron chi connectivity index (χ4n) is 4.70. The third-order valence-corrected chi connectivity index (χ3v) is 7.58. The SMILES string of the molecule is CCC(C)=Cc1cc(-c2cnn(C)c2)n(C(C)C)c1/N=C(\C)NC1=C(OC)C=C(C)CC1.CCCOCCC(C)CC. The molecule has 3 rings (SSSR count). The Labute approximate surface area is 255 Å². The zero-order valence-corrected chi connectivity index (χ0v) is 28.3. The van der Waals surface area contributed by atoms with E-state index in [0.29, 0.717) is 0 Å². The second-order valence-electron chi connectivity index (χ2n) is 11.8. The van der Waals surface area contributed by atoms with Gasteiger partial charge in [0.1, 0.15) is 17.4 Å². The fraction of sp³-hybridized carbons (Fsp3) is 0.600. The van der Waals surface area contributed by atoms with E-state index in [1.807, 2.05) is 24.9 Å². The predicted molar refractivity (Wildman–Crippen MR) is 179 cm³/mol. The zero-order valence-electron chi connectivity index (χ0n) is 28.3. The number of hydrogen-bond donors (Lipinski definition) is 1. The monoisotopic (exact) mass is 579 g/mol. The van der Waals surface area contributed by atoms with Crippen molar-refractivity contribution in [2.24, 2.45) is 18.0 Å². The first-order chi connectivity index (χ1) is 20.0. The van der Waals surface area contributed by atoms with Gasteiger partial charge in [0.05, 0.1) is 24.7 Å². The van der Waals surface area contributed by atoms with Crippen molar-refractivity contribution in [2.75, 3.05) is 20.3 Å². The molecule has 1 N–H and O–H groups in total. The summed E-state index contributed by atoms with van der Waals surface area (Å²) in [5, 5.41) is 7.90. The first-order valence-electron chi connectivity index (χ1n) is 15.8. The van der Waals surface area contributed by atoms with Crippen molar-refractivity contribution in [2.45, 2.75) is 107 Å². The van der Waals surface area contributed by atoms with Crippen molar-refractivity contribution >= 4 is 17.7 Å². The number of amidine groups is 1. The van der Waals surface area contributed by atoms with Gasteiger partial charge in [-0.2, -0.15) is 5.10 Å².